The molecule has 2 saturated heterocycles. The standard InChI is InChI=1S/C18H22F3NO2/c1-22-13-7-8-14(22)10-15(9-13)24-17(23)16(11-18(19,20)21)12-5-3-2-4-6-12/h2-6,13-16H,7-11H2,1H3/t13-,14+,15+,16?. The highest BCUT2D eigenvalue weighted by Crippen LogP contribution is 2.37. The fourth-order valence-electron chi connectivity index (χ4n) is 3.96. The first-order chi connectivity index (χ1) is 11.3. The Bertz CT molecular complexity index is 561. The molecule has 4 atom stereocenters. The van der Waals surface area contributed by atoms with Crippen molar-refractivity contribution in [1.82, 2.24) is 4.90 Å². The van der Waals surface area contributed by atoms with Crippen LogP contribution in [0.5, 0.6) is 0 Å². The van der Waals surface area contributed by atoms with E-state index in [1.54, 1.807) is 30.3 Å². The van der Waals surface area contributed by atoms with Crippen LogP contribution in [0.4, 0.5) is 13.2 Å². The third-order valence-corrected chi connectivity index (χ3v) is 5.26. The fourth-order valence-corrected chi connectivity index (χ4v) is 3.96. The molecule has 2 aliphatic rings. The molecule has 0 N–H and O–H groups in total. The lowest BCUT2D eigenvalue weighted by Gasteiger charge is -2.36. The van der Waals surface area contributed by atoms with Gasteiger partial charge in [0.15, 0.2) is 0 Å². The van der Waals surface area contributed by atoms with Crippen molar-refractivity contribution < 1.29 is 22.7 Å². The maximum absolute atomic E-state index is 12.9. The molecule has 2 heterocycles. The van der Waals surface area contributed by atoms with E-state index in [-0.39, 0.29) is 6.10 Å². The molecule has 2 aliphatic heterocycles. The number of hydrogen-bond donors (Lipinski definition) is 0. The van der Waals surface area contributed by atoms with E-state index in [0.29, 0.717) is 30.5 Å². The monoisotopic (exact) mass is 341 g/mol. The lowest BCUT2D eigenvalue weighted by atomic mass is 9.95. The van der Waals surface area contributed by atoms with E-state index in [0.717, 1.165) is 12.8 Å². The zero-order chi connectivity index (χ0) is 17.3. The van der Waals surface area contributed by atoms with Gasteiger partial charge in [-0.05, 0) is 38.3 Å². The van der Waals surface area contributed by atoms with Crippen molar-refractivity contribution in [2.24, 2.45) is 0 Å². The fraction of sp³-hybridized carbons (Fsp3) is 0.611. The summed E-state index contributed by atoms with van der Waals surface area (Å²) in [7, 11) is 2.07. The lowest BCUT2D eigenvalue weighted by Crippen LogP contribution is -2.43. The molecule has 0 aliphatic carbocycles. The molecule has 24 heavy (non-hydrogen) atoms. The Morgan fingerprint density at radius 2 is 1.79 bits per heavy atom. The Morgan fingerprint density at radius 1 is 1.21 bits per heavy atom. The third kappa shape index (κ3) is 3.91. The van der Waals surface area contributed by atoms with Crippen LogP contribution in [-0.4, -0.2) is 42.3 Å². The number of nitrogens with zero attached hydrogens (tertiary/aromatic N) is 1. The summed E-state index contributed by atoms with van der Waals surface area (Å²) in [4.78, 5) is 14.8. The van der Waals surface area contributed by atoms with Gasteiger partial charge in [-0.15, -0.1) is 0 Å². The molecule has 0 radical (unpaired) electrons. The summed E-state index contributed by atoms with van der Waals surface area (Å²) < 4.78 is 44.2. The number of carbonyl (C=O) groups is 1. The van der Waals surface area contributed by atoms with Gasteiger partial charge in [0.05, 0.1) is 12.3 Å². The van der Waals surface area contributed by atoms with E-state index in [1.807, 2.05) is 0 Å². The first kappa shape index (κ1) is 17.3. The Balaban J connectivity index is 1.70. The Kier molecular flexibility index (Phi) is 4.85. The number of benzene rings is 1. The van der Waals surface area contributed by atoms with Crippen LogP contribution in [0.1, 0.15) is 43.6 Å². The highest BCUT2D eigenvalue weighted by molar-refractivity contribution is 5.78. The van der Waals surface area contributed by atoms with Gasteiger partial charge in [-0.25, -0.2) is 0 Å². The van der Waals surface area contributed by atoms with Crippen molar-refractivity contribution in [1.29, 1.82) is 0 Å². The summed E-state index contributed by atoms with van der Waals surface area (Å²) in [6.45, 7) is 0. The molecule has 1 unspecified atom stereocenters. The van der Waals surface area contributed by atoms with E-state index in [4.69, 9.17) is 4.74 Å². The van der Waals surface area contributed by atoms with Crippen LogP contribution >= 0.6 is 0 Å². The number of piperidine rings is 1. The molecule has 0 spiro atoms. The van der Waals surface area contributed by atoms with Crippen molar-refractivity contribution in [2.45, 2.75) is 62.4 Å². The average Bonchev–Trinajstić information content (AvgIpc) is 2.74. The first-order valence-corrected chi connectivity index (χ1v) is 8.37. The van der Waals surface area contributed by atoms with Crippen LogP contribution in [0.3, 0.4) is 0 Å². The van der Waals surface area contributed by atoms with Gasteiger partial charge in [0.1, 0.15) is 6.10 Å². The zero-order valence-electron chi connectivity index (χ0n) is 13.6. The predicted octanol–water partition coefficient (Wildman–Crippen LogP) is 3.89. The third-order valence-electron chi connectivity index (χ3n) is 5.26. The number of halogens is 3. The van der Waals surface area contributed by atoms with Gasteiger partial charge in [0.2, 0.25) is 0 Å². The first-order valence-electron chi connectivity index (χ1n) is 8.37. The highest BCUT2D eigenvalue weighted by Gasteiger charge is 2.42. The van der Waals surface area contributed by atoms with Gasteiger partial charge in [-0.3, -0.25) is 4.79 Å². The van der Waals surface area contributed by atoms with Crippen molar-refractivity contribution in [3.05, 3.63) is 35.9 Å². The lowest BCUT2D eigenvalue weighted by molar-refractivity contribution is -0.167. The summed E-state index contributed by atoms with van der Waals surface area (Å²) >= 11 is 0. The van der Waals surface area contributed by atoms with E-state index in [2.05, 4.69) is 11.9 Å². The smallest absolute Gasteiger partial charge is 0.390 e. The molecule has 0 saturated carbocycles. The number of ether oxygens (including phenoxy) is 1. The quantitative estimate of drug-likeness (QED) is 0.778. The molecule has 2 fully saturated rings. The van der Waals surface area contributed by atoms with Crippen LogP contribution in [0.15, 0.2) is 30.3 Å². The second-order valence-corrected chi connectivity index (χ2v) is 6.86. The maximum Gasteiger partial charge on any atom is 0.390 e. The summed E-state index contributed by atoms with van der Waals surface area (Å²) in [5, 5.41) is 0. The largest absolute Gasteiger partial charge is 0.462 e. The van der Waals surface area contributed by atoms with Crippen molar-refractivity contribution >= 4 is 5.97 Å². The Labute approximate surface area is 139 Å². The molecule has 3 nitrogen and oxygen atoms in total. The van der Waals surface area contributed by atoms with Crippen LogP contribution in [-0.2, 0) is 9.53 Å². The minimum atomic E-state index is -4.41. The molecular weight excluding hydrogens is 319 g/mol. The van der Waals surface area contributed by atoms with Gasteiger partial charge in [0, 0.05) is 12.1 Å². The second kappa shape index (κ2) is 6.75. The SMILES string of the molecule is CN1[C@@H]2CC[C@H]1C[C@@H](OC(=O)C(CC(F)(F)F)c1ccccc1)C2. The molecule has 0 amide bonds. The number of fused-ring (bicyclic) bond motifs is 2. The van der Waals surface area contributed by atoms with E-state index in [9.17, 15) is 18.0 Å². The minimum absolute atomic E-state index is 0.273. The topological polar surface area (TPSA) is 29.5 Å². The molecule has 2 bridgehead atoms. The summed E-state index contributed by atoms with van der Waals surface area (Å²) in [5.41, 5.74) is 0.357. The van der Waals surface area contributed by atoms with Crippen molar-refractivity contribution in [2.75, 3.05) is 7.05 Å². The maximum atomic E-state index is 12.9. The highest BCUT2D eigenvalue weighted by atomic mass is 19.4. The molecular formula is C18H22F3NO2. The Hall–Kier alpha value is -1.56. The molecule has 6 heteroatoms. The Morgan fingerprint density at radius 3 is 2.33 bits per heavy atom. The van der Waals surface area contributed by atoms with Gasteiger partial charge in [-0.1, -0.05) is 30.3 Å². The van der Waals surface area contributed by atoms with Crippen LogP contribution < -0.4 is 0 Å². The second-order valence-electron chi connectivity index (χ2n) is 6.86. The number of alkyl halides is 3. The van der Waals surface area contributed by atoms with Gasteiger partial charge in [0.25, 0.3) is 0 Å². The van der Waals surface area contributed by atoms with Gasteiger partial charge in [-0.2, -0.15) is 13.2 Å². The normalized spacial score (nSPS) is 28.6. The van der Waals surface area contributed by atoms with E-state index >= 15 is 0 Å². The van der Waals surface area contributed by atoms with E-state index in [1.165, 1.54) is 0 Å². The number of carbonyl (C=O) groups excluding carboxylic acids is 1. The minimum Gasteiger partial charge on any atom is -0.462 e. The summed E-state index contributed by atoms with van der Waals surface area (Å²) in [6, 6.07) is 8.85. The predicted molar refractivity (Wildman–Crippen MR) is 83.5 cm³/mol. The summed E-state index contributed by atoms with van der Waals surface area (Å²) in [6.07, 6.45) is -2.30. The molecule has 1 aromatic rings. The van der Waals surface area contributed by atoms with E-state index < -0.39 is 24.5 Å². The summed E-state index contributed by atoms with van der Waals surface area (Å²) in [5.74, 6) is -2.05. The van der Waals surface area contributed by atoms with Gasteiger partial charge >= 0.3 is 12.1 Å². The van der Waals surface area contributed by atoms with Crippen LogP contribution in [0.2, 0.25) is 0 Å². The number of rotatable bonds is 4. The van der Waals surface area contributed by atoms with Crippen LogP contribution in [0.25, 0.3) is 0 Å². The van der Waals surface area contributed by atoms with Crippen molar-refractivity contribution in [3.63, 3.8) is 0 Å². The molecule has 132 valence electrons. The average molecular weight is 341 g/mol. The zero-order valence-corrected chi connectivity index (χ0v) is 13.6. The number of esters is 1. The van der Waals surface area contributed by atoms with Gasteiger partial charge < -0.3 is 9.64 Å². The molecule has 0 aromatic heterocycles. The molecule has 1 aromatic carbocycles. The van der Waals surface area contributed by atoms with Crippen LogP contribution in [0, 0.1) is 0 Å². The van der Waals surface area contributed by atoms with Crippen molar-refractivity contribution in [3.8, 4) is 0 Å². The molecule has 3 rings (SSSR count). The number of hydrogen-bond acceptors (Lipinski definition) is 3.